The van der Waals surface area contributed by atoms with E-state index >= 15 is 0 Å². The number of carbonyl (C=O) groups is 2. The van der Waals surface area contributed by atoms with Crippen molar-refractivity contribution in [2.75, 3.05) is 11.4 Å². The molecular formula is C12H9ClN2O3S. The predicted octanol–water partition coefficient (Wildman–Crippen LogP) is 2.34. The Bertz CT molecular complexity index is 685. The molecule has 1 fully saturated rings. The molecule has 1 aromatic heterocycles. The minimum atomic E-state index is -0.977. The standard InChI is InChI=1S/C12H9ClN2O3S/c13-7-4-10(16)15(5-7)12-14-8-2-1-6(11(17)18)3-9(8)19-12/h1-3,7H,4-5H2,(H,17,18). The molecule has 0 aliphatic carbocycles. The summed E-state index contributed by atoms with van der Waals surface area (Å²) in [6.45, 7) is 0.450. The van der Waals surface area contributed by atoms with Gasteiger partial charge in [-0.1, -0.05) is 11.3 Å². The number of carboxylic acids is 1. The highest BCUT2D eigenvalue weighted by Gasteiger charge is 2.31. The zero-order valence-electron chi connectivity index (χ0n) is 9.67. The summed E-state index contributed by atoms with van der Waals surface area (Å²) in [5.74, 6) is -1.02. The number of anilines is 1. The lowest BCUT2D eigenvalue weighted by Gasteiger charge is -2.10. The minimum absolute atomic E-state index is 0.0440. The van der Waals surface area contributed by atoms with E-state index in [1.165, 1.54) is 17.4 Å². The van der Waals surface area contributed by atoms with E-state index in [9.17, 15) is 9.59 Å². The molecule has 5 nitrogen and oxygen atoms in total. The first-order valence-corrected chi connectivity index (χ1v) is 6.88. The average molecular weight is 297 g/mol. The second-order valence-electron chi connectivity index (χ2n) is 4.29. The van der Waals surface area contributed by atoms with Crippen LogP contribution < -0.4 is 4.90 Å². The summed E-state index contributed by atoms with van der Waals surface area (Å²) in [5, 5.41) is 9.33. The molecule has 98 valence electrons. The van der Waals surface area contributed by atoms with Crippen LogP contribution in [0.3, 0.4) is 0 Å². The van der Waals surface area contributed by atoms with Crippen molar-refractivity contribution in [3.8, 4) is 0 Å². The highest BCUT2D eigenvalue weighted by atomic mass is 35.5. The topological polar surface area (TPSA) is 70.5 Å². The molecular weight excluding hydrogens is 288 g/mol. The number of aromatic carboxylic acids is 1. The monoisotopic (exact) mass is 296 g/mol. The number of amides is 1. The van der Waals surface area contributed by atoms with Gasteiger partial charge in [-0.2, -0.15) is 0 Å². The molecule has 1 aliphatic heterocycles. The minimum Gasteiger partial charge on any atom is -0.478 e. The summed E-state index contributed by atoms with van der Waals surface area (Å²) in [7, 11) is 0. The van der Waals surface area contributed by atoms with E-state index in [1.54, 1.807) is 17.0 Å². The number of carbonyl (C=O) groups excluding carboxylic acids is 1. The molecule has 1 saturated heterocycles. The number of halogens is 1. The van der Waals surface area contributed by atoms with E-state index in [1.807, 2.05) is 0 Å². The molecule has 0 bridgehead atoms. The molecule has 3 rings (SSSR count). The Morgan fingerprint density at radius 2 is 2.32 bits per heavy atom. The van der Waals surface area contributed by atoms with E-state index < -0.39 is 5.97 Å². The van der Waals surface area contributed by atoms with Crippen molar-refractivity contribution in [3.05, 3.63) is 23.8 Å². The Morgan fingerprint density at radius 1 is 1.53 bits per heavy atom. The number of benzene rings is 1. The smallest absolute Gasteiger partial charge is 0.335 e. The van der Waals surface area contributed by atoms with Crippen LogP contribution in [0.4, 0.5) is 5.13 Å². The van der Waals surface area contributed by atoms with Gasteiger partial charge in [0.2, 0.25) is 5.91 Å². The van der Waals surface area contributed by atoms with Gasteiger partial charge in [0.25, 0.3) is 0 Å². The number of carboxylic acid groups (broad SMARTS) is 1. The van der Waals surface area contributed by atoms with Gasteiger partial charge in [-0.05, 0) is 18.2 Å². The van der Waals surface area contributed by atoms with Crippen molar-refractivity contribution < 1.29 is 14.7 Å². The zero-order chi connectivity index (χ0) is 13.6. The average Bonchev–Trinajstić information content (AvgIpc) is 2.90. The molecule has 0 radical (unpaired) electrons. The van der Waals surface area contributed by atoms with Crippen LogP contribution in [0.15, 0.2) is 18.2 Å². The Kier molecular flexibility index (Phi) is 2.91. The summed E-state index contributed by atoms with van der Waals surface area (Å²) >= 11 is 7.26. The molecule has 1 aliphatic rings. The molecule has 0 saturated carbocycles. The molecule has 1 unspecified atom stereocenters. The second kappa shape index (κ2) is 4.47. The molecule has 1 aromatic carbocycles. The molecule has 19 heavy (non-hydrogen) atoms. The van der Waals surface area contributed by atoms with Gasteiger partial charge in [0.15, 0.2) is 5.13 Å². The molecule has 0 spiro atoms. The summed E-state index contributed by atoms with van der Waals surface area (Å²) in [6, 6.07) is 4.72. The Hall–Kier alpha value is -1.66. The van der Waals surface area contributed by atoms with E-state index in [0.717, 1.165) is 4.70 Å². The maximum Gasteiger partial charge on any atom is 0.335 e. The maximum atomic E-state index is 11.8. The van der Waals surface area contributed by atoms with Crippen LogP contribution in [0, 0.1) is 0 Å². The van der Waals surface area contributed by atoms with Crippen LogP contribution in [-0.4, -0.2) is 33.9 Å². The Morgan fingerprint density at radius 3 is 2.95 bits per heavy atom. The summed E-state index contributed by atoms with van der Waals surface area (Å²) in [6.07, 6.45) is 0.317. The van der Waals surface area contributed by atoms with E-state index in [2.05, 4.69) is 4.98 Å². The quantitative estimate of drug-likeness (QED) is 0.864. The van der Waals surface area contributed by atoms with Gasteiger partial charge < -0.3 is 5.11 Å². The van der Waals surface area contributed by atoms with Crippen molar-refractivity contribution in [2.24, 2.45) is 0 Å². The van der Waals surface area contributed by atoms with E-state index in [-0.39, 0.29) is 16.8 Å². The SMILES string of the molecule is O=C(O)c1ccc2nc(N3CC(Cl)CC3=O)sc2c1. The summed E-state index contributed by atoms with van der Waals surface area (Å²) < 4.78 is 0.751. The van der Waals surface area contributed by atoms with Gasteiger partial charge in [-0.3, -0.25) is 9.69 Å². The molecule has 1 N–H and O–H groups in total. The first-order valence-electron chi connectivity index (χ1n) is 5.63. The van der Waals surface area contributed by atoms with Crippen LogP contribution in [-0.2, 0) is 4.79 Å². The normalized spacial score (nSPS) is 19.3. The lowest BCUT2D eigenvalue weighted by atomic mass is 10.2. The number of fused-ring (bicyclic) bond motifs is 1. The van der Waals surface area contributed by atoms with Gasteiger partial charge in [0.1, 0.15) is 0 Å². The zero-order valence-corrected chi connectivity index (χ0v) is 11.2. The molecule has 2 heterocycles. The Balaban J connectivity index is 2.02. The first kappa shape index (κ1) is 12.4. The molecule has 1 amide bonds. The van der Waals surface area contributed by atoms with Crippen molar-refractivity contribution in [2.45, 2.75) is 11.8 Å². The summed E-state index contributed by atoms with van der Waals surface area (Å²) in [5.41, 5.74) is 0.904. The largest absolute Gasteiger partial charge is 0.478 e. The third kappa shape index (κ3) is 2.17. The fourth-order valence-corrected chi connectivity index (χ4v) is 3.31. The van der Waals surface area contributed by atoms with Crippen molar-refractivity contribution in [1.29, 1.82) is 0 Å². The fourth-order valence-electron chi connectivity index (χ4n) is 2.01. The second-order valence-corrected chi connectivity index (χ2v) is 5.92. The van der Waals surface area contributed by atoms with Gasteiger partial charge in [0, 0.05) is 13.0 Å². The highest BCUT2D eigenvalue weighted by Crippen LogP contribution is 2.32. The van der Waals surface area contributed by atoms with E-state index in [0.29, 0.717) is 23.6 Å². The molecule has 7 heteroatoms. The maximum absolute atomic E-state index is 11.8. The number of nitrogens with zero attached hydrogens (tertiary/aromatic N) is 2. The van der Waals surface area contributed by atoms with Crippen LogP contribution in [0.5, 0.6) is 0 Å². The van der Waals surface area contributed by atoms with Crippen molar-refractivity contribution >= 4 is 50.2 Å². The van der Waals surface area contributed by atoms with Crippen molar-refractivity contribution in [3.63, 3.8) is 0 Å². The Labute approximate surface area is 117 Å². The number of rotatable bonds is 2. The van der Waals surface area contributed by atoms with Crippen LogP contribution in [0.2, 0.25) is 0 Å². The highest BCUT2D eigenvalue weighted by molar-refractivity contribution is 7.22. The lowest BCUT2D eigenvalue weighted by Crippen LogP contribution is -2.24. The molecule has 1 atom stereocenters. The number of hydrogen-bond acceptors (Lipinski definition) is 4. The van der Waals surface area contributed by atoms with Gasteiger partial charge >= 0.3 is 5.97 Å². The predicted molar refractivity (Wildman–Crippen MR) is 73.2 cm³/mol. The first-order chi connectivity index (χ1) is 9.04. The van der Waals surface area contributed by atoms with Crippen LogP contribution in [0.25, 0.3) is 10.2 Å². The third-order valence-corrected chi connectivity index (χ3v) is 4.27. The van der Waals surface area contributed by atoms with Crippen molar-refractivity contribution in [1.82, 2.24) is 4.98 Å². The van der Waals surface area contributed by atoms with Gasteiger partial charge in [0.05, 0.1) is 21.2 Å². The van der Waals surface area contributed by atoms with Gasteiger partial charge in [-0.25, -0.2) is 9.78 Å². The number of hydrogen-bond donors (Lipinski definition) is 1. The van der Waals surface area contributed by atoms with Crippen LogP contribution >= 0.6 is 22.9 Å². The summed E-state index contributed by atoms with van der Waals surface area (Å²) in [4.78, 5) is 28.6. The van der Waals surface area contributed by atoms with Crippen LogP contribution in [0.1, 0.15) is 16.8 Å². The lowest BCUT2D eigenvalue weighted by molar-refractivity contribution is -0.117. The fraction of sp³-hybridized carbons (Fsp3) is 0.250. The third-order valence-electron chi connectivity index (χ3n) is 2.93. The van der Waals surface area contributed by atoms with Gasteiger partial charge in [-0.15, -0.1) is 11.6 Å². The number of thiazole rings is 1. The number of alkyl halides is 1. The molecule has 2 aromatic rings. The number of aromatic nitrogens is 1. The van der Waals surface area contributed by atoms with E-state index in [4.69, 9.17) is 16.7 Å².